The number of Topliss-reactive ketones (excluding diaryl/α,β-unsaturated/α-hetero) is 1. The van der Waals surface area contributed by atoms with Gasteiger partial charge in [0.15, 0.2) is 5.78 Å². The molecule has 2 rings (SSSR count). The van der Waals surface area contributed by atoms with Crippen LogP contribution in [-0.4, -0.2) is 53.6 Å². The highest BCUT2D eigenvalue weighted by Gasteiger charge is 2.32. The molecular weight excluding hydrogens is 584 g/mol. The van der Waals surface area contributed by atoms with Gasteiger partial charge in [-0.05, 0) is 36.1 Å². The Kier molecular flexibility index (Phi) is 13.3. The van der Waals surface area contributed by atoms with Gasteiger partial charge in [0, 0.05) is 15.8 Å². The highest BCUT2D eigenvalue weighted by molar-refractivity contribution is 9.10. The number of nitrogens with one attached hydrogen (secondary N) is 2. The summed E-state index contributed by atoms with van der Waals surface area (Å²) in [6.45, 7) is 7.28. The van der Waals surface area contributed by atoms with Crippen LogP contribution in [0.15, 0.2) is 65.7 Å². The van der Waals surface area contributed by atoms with Gasteiger partial charge in [-0.2, -0.15) is 0 Å². The van der Waals surface area contributed by atoms with Gasteiger partial charge in [0.2, 0.25) is 11.8 Å². The number of amides is 2. The number of aliphatic carboxylic acids is 1. The second-order valence-corrected chi connectivity index (χ2v) is 11.2. The van der Waals surface area contributed by atoms with Crippen molar-refractivity contribution in [2.45, 2.75) is 50.4 Å². The van der Waals surface area contributed by atoms with E-state index in [4.69, 9.17) is 4.74 Å². The Labute approximate surface area is 242 Å². The van der Waals surface area contributed by atoms with Crippen molar-refractivity contribution in [3.05, 3.63) is 76.8 Å². The van der Waals surface area contributed by atoms with E-state index in [1.807, 2.05) is 30.3 Å². The van der Waals surface area contributed by atoms with Crippen LogP contribution in [0.25, 0.3) is 0 Å². The van der Waals surface area contributed by atoms with E-state index in [9.17, 15) is 24.3 Å². The van der Waals surface area contributed by atoms with Crippen LogP contribution in [0.2, 0.25) is 0 Å². The van der Waals surface area contributed by atoms with Crippen LogP contribution in [0.1, 0.15) is 43.7 Å². The van der Waals surface area contributed by atoms with Crippen molar-refractivity contribution in [2.24, 2.45) is 5.92 Å². The van der Waals surface area contributed by atoms with Crippen molar-refractivity contribution in [2.75, 3.05) is 12.9 Å². The van der Waals surface area contributed by atoms with Crippen LogP contribution < -0.4 is 15.4 Å². The third kappa shape index (κ3) is 10.2. The Morgan fingerprint density at radius 1 is 1.08 bits per heavy atom. The molecule has 2 aromatic rings. The van der Waals surface area contributed by atoms with Crippen molar-refractivity contribution in [3.63, 3.8) is 0 Å². The number of carboxylic acids is 1. The van der Waals surface area contributed by atoms with Gasteiger partial charge < -0.3 is 20.5 Å². The second kappa shape index (κ2) is 16.1. The number of hydrogen-bond donors (Lipinski definition) is 3. The van der Waals surface area contributed by atoms with Gasteiger partial charge in [-0.15, -0.1) is 18.3 Å². The van der Waals surface area contributed by atoms with Gasteiger partial charge in [0.25, 0.3) is 0 Å². The van der Waals surface area contributed by atoms with E-state index in [0.29, 0.717) is 23.5 Å². The summed E-state index contributed by atoms with van der Waals surface area (Å²) in [5.74, 6) is -2.53. The van der Waals surface area contributed by atoms with Gasteiger partial charge >= 0.3 is 5.97 Å². The normalized spacial score (nSPS) is 13.2. The van der Waals surface area contributed by atoms with E-state index in [2.05, 4.69) is 33.1 Å². The maximum Gasteiger partial charge on any atom is 0.305 e. The minimum atomic E-state index is -1.22. The highest BCUT2D eigenvalue weighted by atomic mass is 79.9. The first-order valence-electron chi connectivity index (χ1n) is 12.5. The summed E-state index contributed by atoms with van der Waals surface area (Å²) in [5, 5.41) is 14.7. The van der Waals surface area contributed by atoms with Gasteiger partial charge in [-0.25, -0.2) is 0 Å². The van der Waals surface area contributed by atoms with E-state index in [0.717, 1.165) is 10.0 Å². The predicted molar refractivity (Wildman–Crippen MR) is 157 cm³/mol. The molecule has 210 valence electrons. The Bertz CT molecular complexity index is 1160. The summed E-state index contributed by atoms with van der Waals surface area (Å²) in [7, 11) is 1.51. The zero-order chi connectivity index (χ0) is 28.9. The van der Waals surface area contributed by atoms with Crippen molar-refractivity contribution in [1.82, 2.24) is 10.6 Å². The number of carboxylic acid groups (broad SMARTS) is 1. The van der Waals surface area contributed by atoms with E-state index in [1.165, 1.54) is 18.9 Å². The monoisotopic (exact) mass is 618 g/mol. The molecule has 0 heterocycles. The van der Waals surface area contributed by atoms with Crippen molar-refractivity contribution in [3.8, 4) is 5.75 Å². The van der Waals surface area contributed by atoms with Gasteiger partial charge in [0.1, 0.15) is 11.8 Å². The standard InChI is InChI=1S/C29H35BrN2O6S/c1-5-9-21(22-14-20(30)12-13-25(22)38-4)28(36)32-27(18(2)3)29(37)31-23(15-26(34)35)24(33)17-39-16-19-10-7-6-8-11-19/h5-8,10-14,18,21,23,27H,1,9,15-17H2,2-4H3,(H,31,37)(H,32,36)(H,34,35)/t21-,23+,27+/m1/s1. The fraction of sp³-hybridized carbons (Fsp3) is 0.379. The minimum absolute atomic E-state index is 0.0376. The van der Waals surface area contributed by atoms with E-state index >= 15 is 0 Å². The van der Waals surface area contributed by atoms with Crippen molar-refractivity contribution >= 4 is 51.3 Å². The van der Waals surface area contributed by atoms with Crippen LogP contribution in [-0.2, 0) is 24.9 Å². The van der Waals surface area contributed by atoms with E-state index in [-0.39, 0.29) is 11.7 Å². The van der Waals surface area contributed by atoms with Crippen molar-refractivity contribution < 1.29 is 29.0 Å². The molecule has 3 N–H and O–H groups in total. The van der Waals surface area contributed by atoms with Crippen LogP contribution >= 0.6 is 27.7 Å². The van der Waals surface area contributed by atoms with Crippen LogP contribution in [0.5, 0.6) is 5.75 Å². The average molecular weight is 620 g/mol. The molecule has 3 atom stereocenters. The molecule has 0 saturated carbocycles. The molecule has 0 unspecified atom stereocenters. The summed E-state index contributed by atoms with van der Waals surface area (Å²) in [6, 6.07) is 12.7. The van der Waals surface area contributed by atoms with Crippen LogP contribution in [0.3, 0.4) is 0 Å². The fourth-order valence-corrected chi connectivity index (χ4v) is 5.25. The number of thioether (sulfide) groups is 1. The number of allylic oxidation sites excluding steroid dienone is 1. The summed E-state index contributed by atoms with van der Waals surface area (Å²) in [5.41, 5.74) is 1.66. The number of carbonyl (C=O) groups excluding carboxylic acids is 3. The zero-order valence-electron chi connectivity index (χ0n) is 22.3. The molecular formula is C29H35BrN2O6S. The molecule has 2 aromatic carbocycles. The van der Waals surface area contributed by atoms with Crippen molar-refractivity contribution in [1.29, 1.82) is 0 Å². The third-order valence-corrected chi connectivity index (χ3v) is 7.49. The SMILES string of the molecule is C=CC[C@@H](C(=O)N[C@H](C(=O)N[C@@H](CC(=O)O)C(=O)CSCc1ccccc1)C(C)C)c1cc(Br)ccc1OC. The topological polar surface area (TPSA) is 122 Å². The lowest BCUT2D eigenvalue weighted by atomic mass is 9.92. The van der Waals surface area contributed by atoms with Crippen LogP contribution in [0.4, 0.5) is 0 Å². The molecule has 0 saturated heterocycles. The number of rotatable bonds is 16. The number of benzene rings is 2. The molecule has 8 nitrogen and oxygen atoms in total. The largest absolute Gasteiger partial charge is 0.496 e. The lowest BCUT2D eigenvalue weighted by molar-refractivity contribution is -0.140. The third-order valence-electron chi connectivity index (χ3n) is 5.97. The van der Waals surface area contributed by atoms with Gasteiger partial charge in [0.05, 0.1) is 31.2 Å². The highest BCUT2D eigenvalue weighted by Crippen LogP contribution is 2.32. The van der Waals surface area contributed by atoms with E-state index in [1.54, 1.807) is 38.1 Å². The molecule has 10 heteroatoms. The summed E-state index contributed by atoms with van der Waals surface area (Å²) < 4.78 is 6.21. The number of methoxy groups -OCH3 is 1. The van der Waals surface area contributed by atoms with Crippen LogP contribution in [0, 0.1) is 5.92 Å². The molecule has 0 bridgehead atoms. The van der Waals surface area contributed by atoms with E-state index < -0.39 is 48.0 Å². The summed E-state index contributed by atoms with van der Waals surface area (Å²) in [6.07, 6.45) is 1.36. The Hall–Kier alpha value is -3.11. The minimum Gasteiger partial charge on any atom is -0.496 e. The molecule has 0 spiro atoms. The zero-order valence-corrected chi connectivity index (χ0v) is 24.7. The maximum atomic E-state index is 13.4. The summed E-state index contributed by atoms with van der Waals surface area (Å²) in [4.78, 5) is 51.1. The molecule has 0 aliphatic heterocycles. The summed E-state index contributed by atoms with van der Waals surface area (Å²) >= 11 is 4.77. The molecule has 0 aromatic heterocycles. The number of ketones is 1. The Morgan fingerprint density at radius 3 is 2.36 bits per heavy atom. The molecule has 0 aliphatic carbocycles. The average Bonchev–Trinajstić information content (AvgIpc) is 2.89. The lowest BCUT2D eigenvalue weighted by Gasteiger charge is -2.27. The number of halogens is 1. The number of ether oxygens (including phenoxy) is 1. The number of carbonyl (C=O) groups is 4. The quantitative estimate of drug-likeness (QED) is 0.233. The smallest absolute Gasteiger partial charge is 0.305 e. The maximum absolute atomic E-state index is 13.4. The molecule has 0 radical (unpaired) electrons. The van der Waals surface area contributed by atoms with Gasteiger partial charge in [-0.3, -0.25) is 19.2 Å². The molecule has 0 aliphatic rings. The predicted octanol–water partition coefficient (Wildman–Crippen LogP) is 4.72. The molecule has 2 amide bonds. The number of hydrogen-bond acceptors (Lipinski definition) is 6. The molecule has 39 heavy (non-hydrogen) atoms. The first kappa shape index (κ1) is 32.1. The first-order valence-corrected chi connectivity index (χ1v) is 14.4. The molecule has 0 fully saturated rings. The Balaban J connectivity index is 2.16. The lowest BCUT2D eigenvalue weighted by Crippen LogP contribution is -2.55. The second-order valence-electron chi connectivity index (χ2n) is 9.30. The Morgan fingerprint density at radius 2 is 1.77 bits per heavy atom. The van der Waals surface area contributed by atoms with Gasteiger partial charge in [-0.1, -0.05) is 66.2 Å². The fourth-order valence-electron chi connectivity index (χ4n) is 3.93. The first-order chi connectivity index (χ1) is 18.6.